The van der Waals surface area contributed by atoms with Crippen molar-refractivity contribution in [3.05, 3.63) is 71.2 Å². The van der Waals surface area contributed by atoms with Crippen molar-refractivity contribution in [2.24, 2.45) is 0 Å². The Morgan fingerprint density at radius 1 is 0.636 bits per heavy atom. The Morgan fingerprint density at radius 3 is 2.18 bits per heavy atom. The molecule has 0 bridgehead atoms. The van der Waals surface area contributed by atoms with Gasteiger partial charge in [-0.25, -0.2) is 0 Å². The zero-order valence-electron chi connectivity index (χ0n) is 11.6. The first-order valence-corrected chi connectivity index (χ1v) is 8.03. The lowest BCUT2D eigenvalue weighted by Crippen LogP contribution is -1.78. The molecule has 0 N–H and O–H groups in total. The molecule has 0 aliphatic carbocycles. The summed E-state index contributed by atoms with van der Waals surface area (Å²) in [6.45, 7) is 0. The summed E-state index contributed by atoms with van der Waals surface area (Å²) in [7, 11) is 0. The fourth-order valence-corrected chi connectivity index (χ4v) is 3.91. The molecule has 0 radical (unpaired) electrons. The fraction of sp³-hybridized carbons (Fsp3) is 0. The Bertz CT molecular complexity index is 1180. The third-order valence-electron chi connectivity index (χ3n) is 4.32. The van der Waals surface area contributed by atoms with Crippen molar-refractivity contribution in [2.75, 3.05) is 0 Å². The molecule has 104 valence electrons. The van der Waals surface area contributed by atoms with E-state index in [2.05, 4.69) is 82.7 Å². The zero-order chi connectivity index (χ0) is 14.7. The summed E-state index contributed by atoms with van der Waals surface area (Å²) in [5, 5.41) is 7.32. The maximum absolute atomic E-state index is 6.12. The van der Waals surface area contributed by atoms with Crippen molar-refractivity contribution in [2.45, 2.75) is 0 Å². The molecule has 5 rings (SSSR count). The topological polar surface area (TPSA) is 13.1 Å². The maximum atomic E-state index is 6.12. The van der Waals surface area contributed by atoms with Gasteiger partial charge in [-0.3, -0.25) is 0 Å². The molecule has 0 atom stereocenters. The van der Waals surface area contributed by atoms with E-state index in [0.717, 1.165) is 15.6 Å². The van der Waals surface area contributed by atoms with Crippen LogP contribution < -0.4 is 0 Å². The molecule has 0 aliphatic heterocycles. The Balaban J connectivity index is 2.18. The van der Waals surface area contributed by atoms with Crippen molar-refractivity contribution in [1.29, 1.82) is 0 Å². The lowest BCUT2D eigenvalue weighted by atomic mass is 10.00. The van der Waals surface area contributed by atoms with E-state index in [1.807, 2.05) is 0 Å². The zero-order valence-corrected chi connectivity index (χ0v) is 13.2. The predicted molar refractivity (Wildman–Crippen MR) is 96.4 cm³/mol. The van der Waals surface area contributed by atoms with Gasteiger partial charge in [0.1, 0.15) is 11.2 Å². The largest absolute Gasteiger partial charge is 0.456 e. The van der Waals surface area contributed by atoms with Gasteiger partial charge in [0.2, 0.25) is 0 Å². The van der Waals surface area contributed by atoms with Gasteiger partial charge in [-0.1, -0.05) is 70.5 Å². The number of halogens is 1. The van der Waals surface area contributed by atoms with Gasteiger partial charge in [0.05, 0.1) is 0 Å². The standard InChI is InChI=1S/C20H11BrO/c21-16-11-18-20(15-8-4-3-7-14(15)16)19-13-6-2-1-5-12(13)9-10-17(19)22-18/h1-11H. The van der Waals surface area contributed by atoms with Crippen LogP contribution in [-0.4, -0.2) is 0 Å². The van der Waals surface area contributed by atoms with E-state index in [0.29, 0.717) is 0 Å². The van der Waals surface area contributed by atoms with Gasteiger partial charge in [-0.2, -0.15) is 0 Å². The lowest BCUT2D eigenvalue weighted by molar-refractivity contribution is 0.669. The van der Waals surface area contributed by atoms with E-state index in [1.54, 1.807) is 0 Å². The van der Waals surface area contributed by atoms with Gasteiger partial charge in [0.15, 0.2) is 0 Å². The first kappa shape index (κ1) is 12.2. The molecule has 0 unspecified atom stereocenters. The Hall–Kier alpha value is -2.32. The Kier molecular flexibility index (Phi) is 2.42. The minimum atomic E-state index is 0.928. The van der Waals surface area contributed by atoms with Crippen LogP contribution in [0.4, 0.5) is 0 Å². The lowest BCUT2D eigenvalue weighted by Gasteiger charge is -2.03. The molecule has 0 saturated carbocycles. The van der Waals surface area contributed by atoms with E-state index >= 15 is 0 Å². The summed E-state index contributed by atoms with van der Waals surface area (Å²) in [6, 6.07) is 23.2. The number of hydrogen-bond donors (Lipinski definition) is 0. The van der Waals surface area contributed by atoms with E-state index in [-0.39, 0.29) is 0 Å². The third kappa shape index (κ3) is 1.53. The molecule has 1 heterocycles. The van der Waals surface area contributed by atoms with Crippen LogP contribution in [0.15, 0.2) is 75.6 Å². The quantitative estimate of drug-likeness (QED) is 0.305. The van der Waals surface area contributed by atoms with Crippen molar-refractivity contribution >= 4 is 59.4 Å². The predicted octanol–water partition coefficient (Wildman–Crippen LogP) is 6.65. The molecule has 0 aliphatic rings. The highest BCUT2D eigenvalue weighted by atomic mass is 79.9. The van der Waals surface area contributed by atoms with Crippen LogP contribution in [0.25, 0.3) is 43.5 Å². The molecule has 4 aromatic carbocycles. The van der Waals surface area contributed by atoms with Gasteiger partial charge in [-0.15, -0.1) is 0 Å². The first-order valence-electron chi connectivity index (χ1n) is 7.24. The minimum Gasteiger partial charge on any atom is -0.456 e. The molecular weight excluding hydrogens is 336 g/mol. The Morgan fingerprint density at radius 2 is 1.32 bits per heavy atom. The smallest absolute Gasteiger partial charge is 0.137 e. The maximum Gasteiger partial charge on any atom is 0.137 e. The first-order chi connectivity index (χ1) is 10.8. The molecule has 5 aromatic rings. The van der Waals surface area contributed by atoms with Crippen molar-refractivity contribution < 1.29 is 4.42 Å². The SMILES string of the molecule is Brc1cc2oc3ccc4ccccc4c3c2c2ccccc12. The van der Waals surface area contributed by atoms with Crippen LogP contribution in [0.1, 0.15) is 0 Å². The van der Waals surface area contributed by atoms with E-state index in [1.165, 1.54) is 32.3 Å². The molecule has 0 fully saturated rings. The molecule has 0 spiro atoms. The normalized spacial score (nSPS) is 11.9. The average molecular weight is 347 g/mol. The second kappa shape index (κ2) is 4.34. The summed E-state index contributed by atoms with van der Waals surface area (Å²) in [6.07, 6.45) is 0. The average Bonchev–Trinajstić information content (AvgIpc) is 2.94. The third-order valence-corrected chi connectivity index (χ3v) is 4.97. The molecule has 1 aromatic heterocycles. The van der Waals surface area contributed by atoms with Crippen LogP contribution in [0.5, 0.6) is 0 Å². The summed E-state index contributed by atoms with van der Waals surface area (Å²) in [5.74, 6) is 0. The highest BCUT2D eigenvalue weighted by Crippen LogP contribution is 2.40. The number of fused-ring (bicyclic) bond motifs is 7. The van der Waals surface area contributed by atoms with Gasteiger partial charge in [-0.05, 0) is 33.7 Å². The summed E-state index contributed by atoms with van der Waals surface area (Å²) in [5.41, 5.74) is 1.87. The molecule has 2 heteroatoms. The van der Waals surface area contributed by atoms with Crippen LogP contribution in [-0.2, 0) is 0 Å². The van der Waals surface area contributed by atoms with Crippen LogP contribution >= 0.6 is 15.9 Å². The summed E-state index contributed by atoms with van der Waals surface area (Å²) >= 11 is 3.66. The monoisotopic (exact) mass is 346 g/mol. The van der Waals surface area contributed by atoms with Gasteiger partial charge < -0.3 is 4.42 Å². The van der Waals surface area contributed by atoms with Gasteiger partial charge in [0.25, 0.3) is 0 Å². The van der Waals surface area contributed by atoms with E-state index < -0.39 is 0 Å². The van der Waals surface area contributed by atoms with Crippen molar-refractivity contribution in [1.82, 2.24) is 0 Å². The highest BCUT2D eigenvalue weighted by Gasteiger charge is 2.14. The number of furan rings is 1. The molecule has 0 amide bonds. The van der Waals surface area contributed by atoms with E-state index in [9.17, 15) is 0 Å². The number of rotatable bonds is 0. The highest BCUT2D eigenvalue weighted by molar-refractivity contribution is 9.10. The fourth-order valence-electron chi connectivity index (χ4n) is 3.36. The van der Waals surface area contributed by atoms with Gasteiger partial charge in [0, 0.05) is 15.2 Å². The number of hydrogen-bond acceptors (Lipinski definition) is 1. The minimum absolute atomic E-state index is 0.928. The molecule has 0 saturated heterocycles. The van der Waals surface area contributed by atoms with Gasteiger partial charge >= 0.3 is 0 Å². The van der Waals surface area contributed by atoms with Crippen LogP contribution in [0, 0.1) is 0 Å². The molecular formula is C20H11BrO. The van der Waals surface area contributed by atoms with Crippen molar-refractivity contribution in [3.8, 4) is 0 Å². The number of benzene rings is 4. The van der Waals surface area contributed by atoms with Crippen LogP contribution in [0.2, 0.25) is 0 Å². The summed E-state index contributed by atoms with van der Waals surface area (Å²) < 4.78 is 7.19. The van der Waals surface area contributed by atoms with Crippen molar-refractivity contribution in [3.63, 3.8) is 0 Å². The molecule has 22 heavy (non-hydrogen) atoms. The van der Waals surface area contributed by atoms with E-state index in [4.69, 9.17) is 4.42 Å². The molecule has 1 nitrogen and oxygen atoms in total. The summed E-state index contributed by atoms with van der Waals surface area (Å²) in [4.78, 5) is 0. The second-order valence-corrected chi connectivity index (χ2v) is 6.39. The Labute approximate surface area is 135 Å². The second-order valence-electron chi connectivity index (χ2n) is 5.54. The van der Waals surface area contributed by atoms with Crippen LogP contribution in [0.3, 0.4) is 0 Å².